The van der Waals surface area contributed by atoms with Gasteiger partial charge in [-0.1, -0.05) is 74.5 Å². The molecule has 11 heteroatoms. The van der Waals surface area contributed by atoms with Crippen molar-refractivity contribution in [3.63, 3.8) is 0 Å². The van der Waals surface area contributed by atoms with Crippen LogP contribution in [-0.2, 0) is 29.1 Å². The number of pyridine rings is 1. The fraction of sp³-hybridized carbons (Fsp3) is 0.382. The second-order valence-electron chi connectivity index (χ2n) is 11.5. The van der Waals surface area contributed by atoms with Crippen LogP contribution in [0.1, 0.15) is 81.5 Å². The van der Waals surface area contributed by atoms with Crippen molar-refractivity contribution in [2.75, 3.05) is 0 Å². The molecule has 0 aliphatic heterocycles. The molecule has 3 unspecified atom stereocenters. The van der Waals surface area contributed by atoms with E-state index in [1.54, 1.807) is 38.1 Å². The van der Waals surface area contributed by atoms with Crippen LogP contribution in [0.2, 0.25) is 0 Å². The van der Waals surface area contributed by atoms with Gasteiger partial charge in [-0.25, -0.2) is 4.79 Å². The summed E-state index contributed by atoms with van der Waals surface area (Å²) in [4.78, 5) is 57.4. The number of ether oxygens (including phenoxy) is 1. The topological polar surface area (TPSA) is 201 Å². The summed E-state index contributed by atoms with van der Waals surface area (Å²) in [6.45, 7) is 4.55. The molecule has 0 radical (unpaired) electrons. The van der Waals surface area contributed by atoms with Gasteiger partial charge in [0.25, 0.3) is 0 Å². The summed E-state index contributed by atoms with van der Waals surface area (Å²) in [5.74, 6) is -2.84. The van der Waals surface area contributed by atoms with Gasteiger partial charge in [0.15, 0.2) is 11.6 Å². The molecular formula is C34H43N5O6. The highest BCUT2D eigenvalue weighted by molar-refractivity contribution is 6.10. The number of amides is 1. The van der Waals surface area contributed by atoms with E-state index in [0.29, 0.717) is 12.0 Å². The number of nitrogens with zero attached hydrogens (tertiary/aromatic N) is 1. The number of ketones is 2. The maximum Gasteiger partial charge on any atom is 0.341 e. The first-order chi connectivity index (χ1) is 21.4. The van der Waals surface area contributed by atoms with Gasteiger partial charge in [-0.15, -0.1) is 0 Å². The van der Waals surface area contributed by atoms with E-state index in [0.717, 1.165) is 11.8 Å². The van der Waals surface area contributed by atoms with E-state index >= 15 is 0 Å². The first kappa shape index (κ1) is 35.2. The summed E-state index contributed by atoms with van der Waals surface area (Å²) < 4.78 is 5.56. The van der Waals surface area contributed by atoms with Gasteiger partial charge in [0, 0.05) is 36.3 Å². The van der Waals surface area contributed by atoms with Crippen LogP contribution in [0.25, 0.3) is 0 Å². The summed E-state index contributed by atoms with van der Waals surface area (Å²) in [5, 5.41) is 13.5. The Hall–Kier alpha value is -4.29. The molecule has 1 amide bonds. The third kappa shape index (κ3) is 10.1. The minimum absolute atomic E-state index is 0.0159. The second kappa shape index (κ2) is 16.7. The van der Waals surface area contributed by atoms with E-state index in [1.165, 1.54) is 6.92 Å². The molecule has 2 aromatic carbocycles. The van der Waals surface area contributed by atoms with Crippen LogP contribution >= 0.6 is 0 Å². The number of rotatable bonds is 16. The average Bonchev–Trinajstić information content (AvgIpc) is 3.01. The Morgan fingerprint density at radius 2 is 1.51 bits per heavy atom. The molecule has 0 aliphatic rings. The number of hydrogen-bond acceptors (Lipinski definition) is 10. The third-order valence-electron chi connectivity index (χ3n) is 7.35. The molecule has 0 aliphatic carbocycles. The lowest BCUT2D eigenvalue weighted by Crippen LogP contribution is -2.44. The Bertz CT molecular complexity index is 1460. The highest BCUT2D eigenvalue weighted by atomic mass is 16.5. The Labute approximate surface area is 263 Å². The van der Waals surface area contributed by atoms with Gasteiger partial charge >= 0.3 is 5.97 Å². The zero-order chi connectivity index (χ0) is 33.1. The lowest BCUT2D eigenvalue weighted by molar-refractivity contribution is -0.123. The number of aromatic nitrogens is 1. The van der Waals surface area contributed by atoms with Crippen LogP contribution in [0.5, 0.6) is 0 Å². The van der Waals surface area contributed by atoms with Crippen molar-refractivity contribution in [2.45, 2.75) is 77.4 Å². The lowest BCUT2D eigenvalue weighted by atomic mass is 9.92. The van der Waals surface area contributed by atoms with E-state index in [4.69, 9.17) is 21.9 Å². The van der Waals surface area contributed by atoms with Gasteiger partial charge < -0.3 is 32.4 Å². The van der Waals surface area contributed by atoms with Gasteiger partial charge in [0.1, 0.15) is 12.3 Å². The molecule has 4 atom stereocenters. The molecule has 11 nitrogen and oxygen atoms in total. The number of carbonyl (C=O) groups excluding carboxylic acids is 4. The summed E-state index contributed by atoms with van der Waals surface area (Å²) in [5.41, 5.74) is 19.2. The number of carbonyl (C=O) groups is 4. The summed E-state index contributed by atoms with van der Waals surface area (Å²) in [7, 11) is 0. The quantitative estimate of drug-likeness (QED) is 0.117. The van der Waals surface area contributed by atoms with Gasteiger partial charge in [-0.05, 0) is 36.8 Å². The van der Waals surface area contributed by atoms with Crippen LogP contribution in [0.3, 0.4) is 0 Å². The maximum absolute atomic E-state index is 13.6. The number of benzene rings is 2. The van der Waals surface area contributed by atoms with Crippen molar-refractivity contribution in [3.05, 3.63) is 100 Å². The van der Waals surface area contributed by atoms with E-state index in [2.05, 4.69) is 10.3 Å². The minimum Gasteiger partial charge on any atom is -0.457 e. The SMILES string of the molecule is CC(N)C(=O)c1ncc(C(=O)CC(O)C[C@H](N)Cc2ccccc2)c(CNC(=O)C(N)C(C)C)c1C(=O)OCc1ccccc1. The molecule has 0 spiro atoms. The molecule has 8 N–H and O–H groups in total. The van der Waals surface area contributed by atoms with E-state index in [-0.39, 0.29) is 54.3 Å². The molecule has 1 heterocycles. The van der Waals surface area contributed by atoms with E-state index in [1.807, 2.05) is 36.4 Å². The van der Waals surface area contributed by atoms with Crippen molar-refractivity contribution < 1.29 is 29.0 Å². The fourth-order valence-electron chi connectivity index (χ4n) is 4.74. The van der Waals surface area contributed by atoms with E-state index in [9.17, 15) is 24.3 Å². The smallest absolute Gasteiger partial charge is 0.341 e. The number of nitrogens with two attached hydrogens (primary N) is 3. The van der Waals surface area contributed by atoms with E-state index < -0.39 is 47.7 Å². The second-order valence-corrected chi connectivity index (χ2v) is 11.5. The zero-order valence-electron chi connectivity index (χ0n) is 25.9. The first-order valence-corrected chi connectivity index (χ1v) is 15.0. The predicted octanol–water partition coefficient (Wildman–Crippen LogP) is 2.46. The Morgan fingerprint density at radius 3 is 2.09 bits per heavy atom. The van der Waals surface area contributed by atoms with Crippen LogP contribution in [0.4, 0.5) is 0 Å². The predicted molar refractivity (Wildman–Crippen MR) is 170 cm³/mol. The fourth-order valence-corrected chi connectivity index (χ4v) is 4.74. The Kier molecular flexibility index (Phi) is 13.1. The molecule has 0 saturated heterocycles. The van der Waals surface area contributed by atoms with Crippen LogP contribution in [0.15, 0.2) is 66.9 Å². The van der Waals surface area contributed by atoms with Crippen molar-refractivity contribution >= 4 is 23.4 Å². The van der Waals surface area contributed by atoms with Crippen molar-refractivity contribution in [1.82, 2.24) is 10.3 Å². The number of aliphatic hydroxyl groups is 1. The Balaban J connectivity index is 1.97. The summed E-state index contributed by atoms with van der Waals surface area (Å²) >= 11 is 0. The number of nitrogens with one attached hydrogen (secondary N) is 1. The van der Waals surface area contributed by atoms with Gasteiger partial charge in [-0.2, -0.15) is 0 Å². The Morgan fingerprint density at radius 1 is 0.911 bits per heavy atom. The molecule has 45 heavy (non-hydrogen) atoms. The summed E-state index contributed by atoms with van der Waals surface area (Å²) in [6.07, 6.45) is 0.359. The minimum atomic E-state index is -1.10. The molecular weight excluding hydrogens is 574 g/mol. The van der Waals surface area contributed by atoms with Crippen LogP contribution in [-0.4, -0.2) is 57.8 Å². The number of hydrogen-bond donors (Lipinski definition) is 5. The average molecular weight is 618 g/mol. The number of esters is 1. The van der Waals surface area contributed by atoms with Gasteiger partial charge in [-0.3, -0.25) is 19.4 Å². The number of aliphatic hydroxyl groups excluding tert-OH is 1. The molecule has 0 fully saturated rings. The number of Topliss-reactive ketones (excluding diaryl/α,β-unsaturated/α-hetero) is 2. The highest BCUT2D eigenvalue weighted by Gasteiger charge is 2.31. The molecule has 3 aromatic rings. The van der Waals surface area contributed by atoms with Crippen molar-refractivity contribution in [2.24, 2.45) is 23.1 Å². The van der Waals surface area contributed by atoms with Gasteiger partial charge in [0.2, 0.25) is 5.91 Å². The normalized spacial score (nSPS) is 13.9. The molecule has 0 bridgehead atoms. The van der Waals surface area contributed by atoms with Crippen molar-refractivity contribution in [1.29, 1.82) is 0 Å². The summed E-state index contributed by atoms with van der Waals surface area (Å²) in [6, 6.07) is 16.1. The standard InChI is InChI=1S/C34H43N5O6/c1-20(2)30(37)33(43)39-18-27-26(28(41)16-25(40)15-24(36)14-22-10-6-4-7-11-22)17-38-31(32(42)21(3)35)29(27)34(44)45-19-23-12-8-5-9-13-23/h4-13,17,20-21,24-25,30,40H,14-16,18-19,35-37H2,1-3H3,(H,39,43)/t21?,24-,25?,30?/m1/s1. The molecule has 240 valence electrons. The van der Waals surface area contributed by atoms with Gasteiger partial charge in [0.05, 0.1) is 23.8 Å². The zero-order valence-corrected chi connectivity index (χ0v) is 25.9. The largest absolute Gasteiger partial charge is 0.457 e. The molecule has 0 saturated carbocycles. The maximum atomic E-state index is 13.6. The van der Waals surface area contributed by atoms with Crippen molar-refractivity contribution in [3.8, 4) is 0 Å². The van der Waals surface area contributed by atoms with Crippen LogP contribution in [0, 0.1) is 5.92 Å². The lowest BCUT2D eigenvalue weighted by Gasteiger charge is -2.21. The first-order valence-electron chi connectivity index (χ1n) is 15.0. The third-order valence-corrected chi connectivity index (χ3v) is 7.35. The van der Waals surface area contributed by atoms with Crippen LogP contribution < -0.4 is 22.5 Å². The molecule has 3 rings (SSSR count). The highest BCUT2D eigenvalue weighted by Crippen LogP contribution is 2.24. The monoisotopic (exact) mass is 617 g/mol. The molecule has 1 aromatic heterocycles.